The quantitative estimate of drug-likeness (QED) is 0.0493. The van der Waals surface area contributed by atoms with Gasteiger partial charge >= 0.3 is 0 Å². The Morgan fingerprint density at radius 2 is 0.646 bits per heavy atom. The van der Waals surface area contributed by atoms with Gasteiger partial charge in [0.1, 0.15) is 57.7 Å². The lowest BCUT2D eigenvalue weighted by molar-refractivity contribution is -0.664. The van der Waals surface area contributed by atoms with E-state index in [9.17, 15) is 52.7 Å². The molecule has 0 bridgehead atoms. The SMILES string of the molecule is C=C(Cl)c1ccc2ccccc2[n+]1Cc1ccccc1.Fc1c(F)c(F)c([B-](c2c(F)c(F)c(F)c(F)c2F)(c2c(F)c(F)c(F)c(F)c2F)c2c(F)c(F)c(F)c(F)c2F)c(F)c1F. The summed E-state index contributed by atoms with van der Waals surface area (Å²) in [6, 6.07) is 22.8. The molecule has 7 rings (SSSR count). The lowest BCUT2D eigenvalue weighted by Crippen LogP contribution is -2.81. The molecule has 0 amide bonds. The maximum atomic E-state index is 15.4. The first-order valence-corrected chi connectivity index (χ1v) is 17.9. The number of pyridine rings is 1. The first kappa shape index (κ1) is 47.9. The van der Waals surface area contributed by atoms with Gasteiger partial charge in [0, 0.05) is 23.1 Å². The highest BCUT2D eigenvalue weighted by atomic mass is 35.5. The minimum Gasteiger partial charge on any atom is -0.207 e. The molecule has 0 atom stereocenters. The predicted octanol–water partition coefficient (Wildman–Crippen LogP) is 10.2. The van der Waals surface area contributed by atoms with Crippen LogP contribution in [-0.4, -0.2) is 6.15 Å². The van der Waals surface area contributed by atoms with E-state index in [-0.39, 0.29) is 0 Å². The molecule has 0 aliphatic carbocycles. The molecule has 0 radical (unpaired) electrons. The van der Waals surface area contributed by atoms with Crippen molar-refractivity contribution in [3.05, 3.63) is 201 Å². The molecule has 0 aliphatic rings. The summed E-state index contributed by atoms with van der Waals surface area (Å²) in [5.74, 6) is -71.4. The first-order chi connectivity index (χ1) is 30.5. The van der Waals surface area contributed by atoms with Crippen molar-refractivity contribution in [3.63, 3.8) is 0 Å². The number of aromatic nitrogens is 1. The van der Waals surface area contributed by atoms with Crippen LogP contribution in [-0.2, 0) is 6.54 Å². The summed E-state index contributed by atoms with van der Waals surface area (Å²) in [6.07, 6.45) is -7.22. The Morgan fingerprint density at radius 3 is 0.954 bits per heavy atom. The van der Waals surface area contributed by atoms with Gasteiger partial charge in [-0.15, -0.1) is 21.9 Å². The van der Waals surface area contributed by atoms with Crippen LogP contribution in [0.2, 0.25) is 0 Å². The minimum absolute atomic E-state index is 0.562. The van der Waals surface area contributed by atoms with E-state index in [1.165, 1.54) is 10.9 Å². The van der Waals surface area contributed by atoms with E-state index in [4.69, 9.17) is 11.6 Å². The maximum Gasteiger partial charge on any atom is 0.224 e. The molecule has 65 heavy (non-hydrogen) atoms. The highest BCUT2D eigenvalue weighted by Crippen LogP contribution is 2.31. The van der Waals surface area contributed by atoms with Crippen molar-refractivity contribution in [1.82, 2.24) is 0 Å². The van der Waals surface area contributed by atoms with E-state index >= 15 is 35.1 Å². The van der Waals surface area contributed by atoms with E-state index in [0.717, 1.165) is 17.8 Å². The van der Waals surface area contributed by atoms with Crippen molar-refractivity contribution in [2.75, 3.05) is 0 Å². The second kappa shape index (κ2) is 17.8. The molecule has 0 saturated carbocycles. The zero-order valence-corrected chi connectivity index (χ0v) is 32.0. The number of hydrogen-bond acceptors (Lipinski definition) is 0. The molecule has 0 unspecified atom stereocenters. The standard InChI is InChI=1S/C24BF20.C18H15ClN/c26-5-1(6(27)14(35)21(42)13(5)34)25(2-7(28)15(36)22(43)16(37)8(2)29,3-9(30)17(38)23(44)18(39)10(3)31)4-11(32)19(40)24(45)20(41)12(4)33;1-14(19)17-12-11-16-9-5-6-10-18(16)20(17)13-15-7-3-2-4-8-15/h;2-12H,1,13H2/q-1;+1. The molecule has 6 aromatic carbocycles. The number of halogens is 21. The third kappa shape index (κ3) is 7.49. The maximum absolute atomic E-state index is 15.4. The Morgan fingerprint density at radius 1 is 0.369 bits per heavy atom. The van der Waals surface area contributed by atoms with E-state index in [1.807, 2.05) is 24.3 Å². The Balaban J connectivity index is 0.000000289. The summed E-state index contributed by atoms with van der Waals surface area (Å²) in [5, 5.41) is 1.76. The highest BCUT2D eigenvalue weighted by molar-refractivity contribution is 7.20. The van der Waals surface area contributed by atoms with Crippen LogP contribution in [0.1, 0.15) is 11.3 Å². The third-order valence-corrected chi connectivity index (χ3v) is 10.3. The fourth-order valence-electron chi connectivity index (χ4n) is 7.31. The van der Waals surface area contributed by atoms with Gasteiger partial charge in [0.15, 0.2) is 76.4 Å². The molecule has 7 aromatic rings. The van der Waals surface area contributed by atoms with Gasteiger partial charge in [-0.25, -0.2) is 87.8 Å². The monoisotopic (exact) mass is 959 g/mol. The molecular weight excluding hydrogens is 945 g/mol. The minimum atomic E-state index is -7.22. The van der Waals surface area contributed by atoms with Crippen molar-refractivity contribution in [2.45, 2.75) is 6.54 Å². The van der Waals surface area contributed by atoms with Crippen LogP contribution in [0.15, 0.2) is 73.3 Å². The van der Waals surface area contributed by atoms with Gasteiger partial charge in [0.25, 0.3) is 0 Å². The van der Waals surface area contributed by atoms with E-state index in [0.29, 0.717) is 5.03 Å². The second-order valence-electron chi connectivity index (χ2n) is 13.6. The van der Waals surface area contributed by atoms with E-state index in [1.54, 1.807) is 0 Å². The summed E-state index contributed by atoms with van der Waals surface area (Å²) < 4.78 is 296. The summed E-state index contributed by atoms with van der Waals surface area (Å²) >= 11 is 6.16. The molecule has 0 spiro atoms. The molecule has 1 aromatic heterocycles. The van der Waals surface area contributed by atoms with Gasteiger partial charge in [-0.1, -0.05) is 60.6 Å². The van der Waals surface area contributed by atoms with Gasteiger partial charge in [-0.3, -0.25) is 0 Å². The summed E-state index contributed by atoms with van der Waals surface area (Å²) in [4.78, 5) is 0. The van der Waals surface area contributed by atoms with Crippen LogP contribution in [0.5, 0.6) is 0 Å². The van der Waals surface area contributed by atoms with Crippen molar-refractivity contribution in [2.24, 2.45) is 0 Å². The lowest BCUT2D eigenvalue weighted by atomic mass is 9.12. The Hall–Kier alpha value is -6.58. The molecular formula is C42H15BClF20N. The smallest absolute Gasteiger partial charge is 0.207 e. The summed E-state index contributed by atoms with van der Waals surface area (Å²) in [7, 11) is 0. The average Bonchev–Trinajstić information content (AvgIpc) is 3.29. The molecule has 0 N–H and O–H groups in total. The van der Waals surface area contributed by atoms with Crippen molar-refractivity contribution in [1.29, 1.82) is 0 Å². The molecule has 0 fully saturated rings. The molecule has 23 heteroatoms. The average molecular weight is 960 g/mol. The van der Waals surface area contributed by atoms with Gasteiger partial charge < -0.3 is 0 Å². The number of fused-ring (bicyclic) bond motifs is 1. The first-order valence-electron chi connectivity index (χ1n) is 17.5. The molecule has 1 nitrogen and oxygen atoms in total. The van der Waals surface area contributed by atoms with Crippen LogP contribution < -0.4 is 26.4 Å². The Kier molecular flexibility index (Phi) is 13.1. The van der Waals surface area contributed by atoms with Crippen molar-refractivity contribution < 1.29 is 92.4 Å². The number of rotatable bonds is 7. The van der Waals surface area contributed by atoms with Crippen LogP contribution in [0, 0.1) is 116 Å². The van der Waals surface area contributed by atoms with Crippen LogP contribution >= 0.6 is 11.6 Å². The molecule has 0 aliphatic heterocycles. The lowest BCUT2D eigenvalue weighted by Gasteiger charge is -2.44. The van der Waals surface area contributed by atoms with Gasteiger partial charge in [0.2, 0.25) is 11.2 Å². The number of para-hydroxylation sites is 1. The number of benzene rings is 6. The van der Waals surface area contributed by atoms with Gasteiger partial charge in [-0.2, -0.15) is 4.57 Å². The topological polar surface area (TPSA) is 3.88 Å². The van der Waals surface area contributed by atoms with Crippen LogP contribution in [0.4, 0.5) is 87.8 Å². The predicted molar refractivity (Wildman–Crippen MR) is 194 cm³/mol. The Labute approximate surface area is 355 Å². The highest BCUT2D eigenvalue weighted by Gasteiger charge is 2.52. The molecule has 0 saturated heterocycles. The summed E-state index contributed by atoms with van der Waals surface area (Å²) in [6.45, 7) is 4.66. The van der Waals surface area contributed by atoms with Gasteiger partial charge in [0.05, 0.1) is 0 Å². The summed E-state index contributed by atoms with van der Waals surface area (Å²) in [5.41, 5.74) is -11.0. The molecule has 338 valence electrons. The molecule has 1 heterocycles. The fourth-order valence-corrected chi connectivity index (χ4v) is 7.48. The largest absolute Gasteiger partial charge is 0.224 e. The normalized spacial score (nSPS) is 11.6. The number of nitrogens with zero attached hydrogens (tertiary/aromatic N) is 1. The van der Waals surface area contributed by atoms with Crippen LogP contribution in [0.25, 0.3) is 15.9 Å². The van der Waals surface area contributed by atoms with Crippen molar-refractivity contribution >= 4 is 55.5 Å². The van der Waals surface area contributed by atoms with E-state index < -0.39 is 144 Å². The van der Waals surface area contributed by atoms with Crippen LogP contribution in [0.3, 0.4) is 0 Å². The van der Waals surface area contributed by atoms with Crippen molar-refractivity contribution in [3.8, 4) is 0 Å². The zero-order valence-electron chi connectivity index (χ0n) is 31.2. The zero-order chi connectivity index (χ0) is 48.3. The number of hydrogen-bond donors (Lipinski definition) is 0. The Bertz CT molecular complexity index is 2730. The van der Waals surface area contributed by atoms with E-state index in [2.05, 4.69) is 53.6 Å². The third-order valence-electron chi connectivity index (χ3n) is 10.1. The van der Waals surface area contributed by atoms with Gasteiger partial charge in [-0.05, 0) is 12.1 Å². The second-order valence-corrected chi connectivity index (χ2v) is 14.0. The fraction of sp³-hybridized carbons (Fsp3) is 0.0238.